The molecule has 0 spiro atoms. The highest BCUT2D eigenvalue weighted by atomic mass is 16.7. The van der Waals surface area contributed by atoms with Crippen molar-refractivity contribution >= 4 is 5.97 Å². The first kappa shape index (κ1) is 15.4. The Balaban J connectivity index is 2.72. The van der Waals surface area contributed by atoms with Gasteiger partial charge >= 0.3 is 5.97 Å². The quantitative estimate of drug-likeness (QED) is 0.773. The number of aliphatic hydroxyl groups is 1. The highest BCUT2D eigenvalue weighted by Gasteiger charge is 2.46. The van der Waals surface area contributed by atoms with E-state index in [4.69, 9.17) is 9.47 Å². The molecule has 1 aliphatic heterocycles. The van der Waals surface area contributed by atoms with Gasteiger partial charge in [0.2, 0.25) is 0 Å². The van der Waals surface area contributed by atoms with Crippen molar-refractivity contribution in [3.8, 4) is 0 Å². The van der Waals surface area contributed by atoms with Crippen molar-refractivity contribution in [2.45, 2.75) is 72.9 Å². The van der Waals surface area contributed by atoms with Crippen molar-refractivity contribution in [3.05, 3.63) is 0 Å². The summed E-state index contributed by atoms with van der Waals surface area (Å²) in [5.74, 6) is -0.291. The molecule has 0 aromatic rings. The molecule has 4 heteroatoms. The van der Waals surface area contributed by atoms with Gasteiger partial charge < -0.3 is 14.6 Å². The van der Waals surface area contributed by atoms with Crippen LogP contribution in [0.1, 0.15) is 54.9 Å². The zero-order valence-electron chi connectivity index (χ0n) is 12.5. The van der Waals surface area contributed by atoms with Crippen molar-refractivity contribution in [3.63, 3.8) is 0 Å². The Morgan fingerprint density at radius 3 is 2.11 bits per heavy atom. The zero-order valence-corrected chi connectivity index (χ0v) is 12.5. The zero-order chi connectivity index (χ0) is 14.4. The minimum Gasteiger partial charge on any atom is -0.456 e. The maximum atomic E-state index is 12.2. The van der Waals surface area contributed by atoms with Crippen LogP contribution in [-0.2, 0) is 14.3 Å². The number of carbonyl (C=O) groups excluding carboxylic acids is 1. The van der Waals surface area contributed by atoms with E-state index in [9.17, 15) is 9.90 Å². The topological polar surface area (TPSA) is 55.8 Å². The molecule has 1 N–H and O–H groups in total. The Morgan fingerprint density at radius 1 is 1.28 bits per heavy atom. The van der Waals surface area contributed by atoms with E-state index >= 15 is 0 Å². The molecule has 18 heavy (non-hydrogen) atoms. The molecule has 1 heterocycles. The van der Waals surface area contributed by atoms with Crippen LogP contribution < -0.4 is 0 Å². The van der Waals surface area contributed by atoms with Gasteiger partial charge in [-0.2, -0.15) is 0 Å². The smallest absolute Gasteiger partial charge is 0.312 e. The van der Waals surface area contributed by atoms with Gasteiger partial charge in [0.25, 0.3) is 0 Å². The second kappa shape index (κ2) is 4.49. The molecule has 0 amide bonds. The normalized spacial score (nSPS) is 28.2. The lowest BCUT2D eigenvalue weighted by Crippen LogP contribution is -2.42. The standard InChI is InChI=1S/C14H26O4/c1-12(2,3)14(6,7)11(16)17-9-8-13(4,5)18-10(9)15/h9-10,15H,8H2,1-7H3. The molecule has 4 nitrogen and oxygen atoms in total. The highest BCUT2D eigenvalue weighted by Crippen LogP contribution is 2.40. The Kier molecular flexibility index (Phi) is 3.86. The van der Waals surface area contributed by atoms with E-state index in [1.54, 1.807) is 0 Å². The van der Waals surface area contributed by atoms with Crippen LogP contribution in [0.2, 0.25) is 0 Å². The minimum absolute atomic E-state index is 0.204. The molecule has 0 aromatic carbocycles. The van der Waals surface area contributed by atoms with Crippen molar-refractivity contribution in [1.29, 1.82) is 0 Å². The number of rotatable bonds is 2. The predicted molar refractivity (Wildman–Crippen MR) is 68.9 cm³/mol. The summed E-state index contributed by atoms with van der Waals surface area (Å²) in [6, 6.07) is 0. The van der Waals surface area contributed by atoms with Crippen molar-refractivity contribution in [2.75, 3.05) is 0 Å². The molecular weight excluding hydrogens is 232 g/mol. The van der Waals surface area contributed by atoms with Crippen LogP contribution in [0.4, 0.5) is 0 Å². The molecule has 2 unspecified atom stereocenters. The molecule has 0 saturated carbocycles. The summed E-state index contributed by atoms with van der Waals surface area (Å²) >= 11 is 0. The minimum atomic E-state index is -1.03. The molecule has 1 saturated heterocycles. The van der Waals surface area contributed by atoms with E-state index < -0.39 is 23.4 Å². The van der Waals surface area contributed by atoms with Gasteiger partial charge in [0.15, 0.2) is 12.4 Å². The fourth-order valence-corrected chi connectivity index (χ4v) is 1.73. The number of hydrogen-bond donors (Lipinski definition) is 1. The van der Waals surface area contributed by atoms with Crippen molar-refractivity contribution in [2.24, 2.45) is 10.8 Å². The summed E-state index contributed by atoms with van der Waals surface area (Å²) in [5.41, 5.74) is -1.26. The number of esters is 1. The molecule has 1 fully saturated rings. The summed E-state index contributed by atoms with van der Waals surface area (Å²) in [5, 5.41) is 9.74. The SMILES string of the molecule is CC1(C)CC(OC(=O)C(C)(C)C(C)(C)C)C(O)O1. The lowest BCUT2D eigenvalue weighted by molar-refractivity contribution is -0.187. The van der Waals surface area contributed by atoms with Crippen LogP contribution in [-0.4, -0.2) is 29.1 Å². The van der Waals surface area contributed by atoms with E-state index in [1.165, 1.54) is 0 Å². The molecular formula is C14H26O4. The van der Waals surface area contributed by atoms with Crippen LogP contribution in [0.15, 0.2) is 0 Å². The molecule has 106 valence electrons. The van der Waals surface area contributed by atoms with E-state index in [2.05, 4.69) is 0 Å². The first-order valence-electron chi connectivity index (χ1n) is 6.44. The Bertz CT molecular complexity index is 325. The predicted octanol–water partition coefficient (Wildman–Crippen LogP) is 2.49. The average Bonchev–Trinajstić information content (AvgIpc) is 2.37. The van der Waals surface area contributed by atoms with Gasteiger partial charge in [-0.1, -0.05) is 20.8 Å². The molecule has 2 atom stereocenters. The Morgan fingerprint density at radius 2 is 1.78 bits per heavy atom. The third-order valence-corrected chi connectivity index (χ3v) is 4.09. The monoisotopic (exact) mass is 258 g/mol. The van der Waals surface area contributed by atoms with Crippen LogP contribution in [0.3, 0.4) is 0 Å². The third-order valence-electron chi connectivity index (χ3n) is 4.09. The summed E-state index contributed by atoms with van der Waals surface area (Å²) < 4.78 is 10.8. The maximum Gasteiger partial charge on any atom is 0.312 e. The number of hydrogen-bond acceptors (Lipinski definition) is 4. The van der Waals surface area contributed by atoms with Crippen molar-refractivity contribution in [1.82, 2.24) is 0 Å². The van der Waals surface area contributed by atoms with Gasteiger partial charge in [-0.3, -0.25) is 4.79 Å². The lowest BCUT2D eigenvalue weighted by Gasteiger charge is -2.37. The third kappa shape index (κ3) is 3.04. The maximum absolute atomic E-state index is 12.2. The van der Waals surface area contributed by atoms with Gasteiger partial charge in [-0.25, -0.2) is 0 Å². The first-order chi connectivity index (χ1) is 7.87. The molecule has 0 bridgehead atoms. The van der Waals surface area contributed by atoms with Gasteiger partial charge in [0.05, 0.1) is 11.0 Å². The first-order valence-corrected chi connectivity index (χ1v) is 6.44. The van der Waals surface area contributed by atoms with Crippen molar-refractivity contribution < 1.29 is 19.4 Å². The summed E-state index contributed by atoms with van der Waals surface area (Å²) in [4.78, 5) is 12.2. The van der Waals surface area contributed by atoms with Crippen LogP contribution in [0, 0.1) is 10.8 Å². The van der Waals surface area contributed by atoms with E-state index in [1.807, 2.05) is 48.5 Å². The van der Waals surface area contributed by atoms with E-state index in [0.717, 1.165) is 0 Å². The Labute approximate surface area is 110 Å². The number of carbonyl (C=O) groups is 1. The van der Waals surface area contributed by atoms with Gasteiger partial charge in [-0.15, -0.1) is 0 Å². The molecule has 0 aliphatic carbocycles. The average molecular weight is 258 g/mol. The fraction of sp³-hybridized carbons (Fsp3) is 0.929. The lowest BCUT2D eigenvalue weighted by atomic mass is 9.69. The number of aliphatic hydroxyl groups excluding tert-OH is 1. The summed E-state index contributed by atoms with van der Waals surface area (Å²) in [6.07, 6.45) is -1.09. The van der Waals surface area contributed by atoms with Gasteiger partial charge in [-0.05, 0) is 33.1 Å². The summed E-state index contributed by atoms with van der Waals surface area (Å²) in [6.45, 7) is 13.5. The second-order valence-corrected chi connectivity index (χ2v) is 7.29. The highest BCUT2D eigenvalue weighted by molar-refractivity contribution is 5.77. The summed E-state index contributed by atoms with van der Waals surface area (Å²) in [7, 11) is 0. The van der Waals surface area contributed by atoms with E-state index in [-0.39, 0.29) is 11.4 Å². The molecule has 1 rings (SSSR count). The molecule has 0 radical (unpaired) electrons. The fourth-order valence-electron chi connectivity index (χ4n) is 1.73. The molecule has 0 aromatic heterocycles. The van der Waals surface area contributed by atoms with Crippen LogP contribution in [0.25, 0.3) is 0 Å². The number of ether oxygens (including phenoxy) is 2. The van der Waals surface area contributed by atoms with Crippen LogP contribution >= 0.6 is 0 Å². The van der Waals surface area contributed by atoms with Gasteiger partial charge in [0, 0.05) is 6.42 Å². The van der Waals surface area contributed by atoms with Crippen LogP contribution in [0.5, 0.6) is 0 Å². The van der Waals surface area contributed by atoms with Gasteiger partial charge in [0.1, 0.15) is 0 Å². The molecule has 1 aliphatic rings. The second-order valence-electron chi connectivity index (χ2n) is 7.29. The Hall–Kier alpha value is -0.610. The van der Waals surface area contributed by atoms with E-state index in [0.29, 0.717) is 6.42 Å². The largest absolute Gasteiger partial charge is 0.456 e.